The number of urea groups is 1. The van der Waals surface area contributed by atoms with Gasteiger partial charge in [0.25, 0.3) is 5.91 Å². The Kier molecular flexibility index (Phi) is 7.81. The molecule has 0 bridgehead atoms. The van der Waals surface area contributed by atoms with Crippen molar-refractivity contribution in [2.75, 3.05) is 56.2 Å². The van der Waals surface area contributed by atoms with Gasteiger partial charge in [0.15, 0.2) is 0 Å². The summed E-state index contributed by atoms with van der Waals surface area (Å²) in [5.41, 5.74) is 2.63. The van der Waals surface area contributed by atoms with Gasteiger partial charge in [0, 0.05) is 76.1 Å². The highest BCUT2D eigenvalue weighted by atomic mass is 32.1. The van der Waals surface area contributed by atoms with Crippen LogP contribution in [0.1, 0.15) is 34.3 Å². The summed E-state index contributed by atoms with van der Waals surface area (Å²) >= 11 is 1.41. The number of hydrazine groups is 1. The predicted molar refractivity (Wildman–Crippen MR) is 146 cm³/mol. The molecule has 2 aliphatic heterocycles. The smallest absolute Gasteiger partial charge is 0.320 e. The summed E-state index contributed by atoms with van der Waals surface area (Å²) in [6.45, 7) is 4.11. The second-order valence-electron chi connectivity index (χ2n) is 9.38. The largest absolute Gasteiger partial charge is 0.353 e. The average Bonchev–Trinajstić information content (AvgIpc) is 3.48. The molecule has 3 amide bonds. The van der Waals surface area contributed by atoms with Gasteiger partial charge in [-0.15, -0.1) is 11.3 Å². The molecule has 0 saturated carbocycles. The maximum Gasteiger partial charge on any atom is 0.320 e. The van der Waals surface area contributed by atoms with Gasteiger partial charge < -0.3 is 14.7 Å². The lowest BCUT2D eigenvalue weighted by molar-refractivity contribution is -0.384. The first-order valence-electron chi connectivity index (χ1n) is 12.7. The first-order valence-corrected chi connectivity index (χ1v) is 13.6. The van der Waals surface area contributed by atoms with Gasteiger partial charge in [-0.2, -0.15) is 0 Å². The number of nitrogens with zero attached hydrogens (tertiary/aromatic N) is 8. The topological polar surface area (TPSA) is 141 Å². The summed E-state index contributed by atoms with van der Waals surface area (Å²) in [7, 11) is 1.49. The maximum atomic E-state index is 13.1. The third kappa shape index (κ3) is 5.90. The molecule has 0 aromatic carbocycles. The van der Waals surface area contributed by atoms with Crippen LogP contribution in [0, 0.1) is 10.1 Å². The van der Waals surface area contributed by atoms with E-state index in [2.05, 4.69) is 25.3 Å². The fraction of sp³-hybridized carbons (Fsp3) is 0.400. The number of thiazole rings is 1. The molecule has 0 unspecified atom stereocenters. The fourth-order valence-corrected chi connectivity index (χ4v) is 5.79. The second kappa shape index (κ2) is 11.6. The summed E-state index contributed by atoms with van der Waals surface area (Å²) in [5, 5.41) is 15.0. The van der Waals surface area contributed by atoms with Crippen molar-refractivity contribution in [1.82, 2.24) is 30.2 Å². The van der Waals surface area contributed by atoms with E-state index in [0.29, 0.717) is 26.2 Å². The zero-order chi connectivity index (χ0) is 27.4. The Morgan fingerprint density at radius 1 is 1.03 bits per heavy atom. The van der Waals surface area contributed by atoms with Crippen molar-refractivity contribution in [2.24, 2.45) is 0 Å². The van der Waals surface area contributed by atoms with Gasteiger partial charge in [-0.05, 0) is 31.0 Å². The number of hydrogen-bond acceptors (Lipinski definition) is 10. The van der Waals surface area contributed by atoms with E-state index in [0.717, 1.165) is 36.8 Å². The lowest BCUT2D eigenvalue weighted by Gasteiger charge is -2.39. The molecule has 0 radical (unpaired) electrons. The van der Waals surface area contributed by atoms with Crippen molar-refractivity contribution in [2.45, 2.75) is 18.8 Å². The fourth-order valence-electron chi connectivity index (χ4n) is 4.82. The molecule has 2 fully saturated rings. The monoisotopic (exact) mass is 551 g/mol. The van der Waals surface area contributed by atoms with Crippen LogP contribution >= 0.6 is 11.3 Å². The first kappa shape index (κ1) is 26.3. The lowest BCUT2D eigenvalue weighted by atomic mass is 9.98. The number of aromatic nitrogens is 3. The Bertz CT molecular complexity index is 1320. The molecule has 0 atom stereocenters. The van der Waals surface area contributed by atoms with Gasteiger partial charge in [-0.3, -0.25) is 25.3 Å². The van der Waals surface area contributed by atoms with Crippen LogP contribution in [0.5, 0.6) is 0 Å². The lowest BCUT2D eigenvalue weighted by Crippen LogP contribution is -2.54. The number of carbonyl (C=O) groups is 2. The minimum Gasteiger partial charge on any atom is -0.353 e. The third-order valence-corrected chi connectivity index (χ3v) is 7.95. The molecule has 39 heavy (non-hydrogen) atoms. The Balaban J connectivity index is 1.11. The molecular weight excluding hydrogens is 522 g/mol. The van der Waals surface area contributed by atoms with Gasteiger partial charge in [0.05, 0.1) is 9.93 Å². The number of hydrogen-bond donors (Lipinski definition) is 1. The predicted octanol–water partition coefficient (Wildman–Crippen LogP) is 2.74. The molecule has 2 saturated heterocycles. The van der Waals surface area contributed by atoms with Crippen LogP contribution in [-0.2, 0) is 0 Å². The van der Waals surface area contributed by atoms with Crippen LogP contribution in [0.4, 0.5) is 22.1 Å². The molecule has 204 valence electrons. The van der Waals surface area contributed by atoms with Gasteiger partial charge in [0.2, 0.25) is 5.82 Å². The van der Waals surface area contributed by atoms with Crippen molar-refractivity contribution in [3.05, 3.63) is 68.9 Å². The quantitative estimate of drug-likeness (QED) is 0.362. The van der Waals surface area contributed by atoms with Crippen LogP contribution in [-0.4, -0.2) is 87.9 Å². The Morgan fingerprint density at radius 2 is 1.74 bits per heavy atom. The van der Waals surface area contributed by atoms with E-state index < -0.39 is 10.8 Å². The molecule has 13 nitrogen and oxygen atoms in total. The van der Waals surface area contributed by atoms with Crippen molar-refractivity contribution >= 4 is 40.6 Å². The number of nitro groups is 1. The Hall–Kier alpha value is -4.33. The molecule has 3 aromatic rings. The van der Waals surface area contributed by atoms with E-state index in [9.17, 15) is 19.7 Å². The Morgan fingerprint density at radius 3 is 2.44 bits per heavy atom. The van der Waals surface area contributed by atoms with Crippen LogP contribution in [0.15, 0.2) is 48.1 Å². The van der Waals surface area contributed by atoms with Gasteiger partial charge in [-0.1, -0.05) is 6.07 Å². The highest BCUT2D eigenvalue weighted by Gasteiger charge is 2.31. The van der Waals surface area contributed by atoms with E-state index in [-0.39, 0.29) is 29.1 Å². The van der Waals surface area contributed by atoms with Gasteiger partial charge >= 0.3 is 11.7 Å². The Labute approximate surface area is 229 Å². The SMILES string of the molecule is CN(NC(=O)c1csc(C2CCN(C(=O)N3CCN(c4ccccn4)CC3)CC2)n1)c1ncccc1[N+](=O)[O-]. The molecule has 5 rings (SSSR count). The minimum absolute atomic E-state index is 0.0292. The van der Waals surface area contributed by atoms with E-state index in [1.807, 2.05) is 28.0 Å². The summed E-state index contributed by atoms with van der Waals surface area (Å²) in [6, 6.07) is 8.71. The summed E-state index contributed by atoms with van der Waals surface area (Å²) in [4.78, 5) is 55.6. The molecule has 0 spiro atoms. The molecule has 0 aliphatic carbocycles. The maximum absolute atomic E-state index is 13.1. The highest BCUT2D eigenvalue weighted by molar-refractivity contribution is 7.09. The number of amides is 3. The zero-order valence-corrected chi connectivity index (χ0v) is 22.3. The van der Waals surface area contributed by atoms with Crippen molar-refractivity contribution in [3.63, 3.8) is 0 Å². The molecule has 3 aromatic heterocycles. The number of piperazine rings is 1. The molecule has 5 heterocycles. The van der Waals surface area contributed by atoms with Crippen LogP contribution in [0.2, 0.25) is 0 Å². The number of likely N-dealkylation sites (tertiary alicyclic amines) is 1. The van der Waals surface area contributed by atoms with Gasteiger partial charge in [0.1, 0.15) is 11.5 Å². The normalized spacial score (nSPS) is 16.2. The molecular formula is C25H29N9O4S. The van der Waals surface area contributed by atoms with Crippen LogP contribution in [0.25, 0.3) is 0 Å². The standard InChI is InChI=1S/C25H29N9O4S/c1-30(22-20(34(37)38)5-4-10-27-22)29-23(35)19-17-39-24(28-19)18-7-11-32(12-8-18)25(36)33-15-13-31(14-16-33)21-6-2-3-9-26-21/h2-6,9-10,17-18H,7-8,11-16H2,1H3,(H,29,35). The van der Waals surface area contributed by atoms with E-state index >= 15 is 0 Å². The number of nitrogens with one attached hydrogen (secondary N) is 1. The number of carbonyl (C=O) groups excluding carboxylic acids is 2. The summed E-state index contributed by atoms with van der Waals surface area (Å²) < 4.78 is 0. The van der Waals surface area contributed by atoms with Crippen LogP contribution in [0.3, 0.4) is 0 Å². The highest BCUT2D eigenvalue weighted by Crippen LogP contribution is 2.31. The van der Waals surface area contributed by atoms with Gasteiger partial charge in [-0.25, -0.2) is 19.7 Å². The van der Waals surface area contributed by atoms with Crippen LogP contribution < -0.4 is 15.3 Å². The van der Waals surface area contributed by atoms with E-state index in [1.54, 1.807) is 11.6 Å². The molecule has 1 N–H and O–H groups in total. The number of piperidine rings is 1. The zero-order valence-electron chi connectivity index (χ0n) is 21.5. The number of anilines is 2. The minimum atomic E-state index is -0.550. The second-order valence-corrected chi connectivity index (χ2v) is 10.3. The summed E-state index contributed by atoms with van der Waals surface area (Å²) in [5.74, 6) is 0.654. The average molecular weight is 552 g/mol. The number of rotatable bonds is 6. The first-order chi connectivity index (χ1) is 18.9. The molecule has 14 heteroatoms. The summed E-state index contributed by atoms with van der Waals surface area (Å²) in [6.07, 6.45) is 4.75. The van der Waals surface area contributed by atoms with Crippen molar-refractivity contribution in [3.8, 4) is 0 Å². The van der Waals surface area contributed by atoms with E-state index in [4.69, 9.17) is 0 Å². The van der Waals surface area contributed by atoms with Crippen molar-refractivity contribution < 1.29 is 14.5 Å². The van der Waals surface area contributed by atoms with Crippen molar-refractivity contribution in [1.29, 1.82) is 0 Å². The molecule has 2 aliphatic rings. The van der Waals surface area contributed by atoms with E-state index in [1.165, 1.54) is 41.7 Å². The third-order valence-electron chi connectivity index (χ3n) is 6.94. The number of pyridine rings is 2.